The van der Waals surface area contributed by atoms with Crippen LogP contribution < -0.4 is 0 Å². The molecule has 0 amide bonds. The van der Waals surface area contributed by atoms with Gasteiger partial charge in [-0.05, 0) is 18.0 Å². The van der Waals surface area contributed by atoms with Crippen molar-refractivity contribution >= 4 is 23.2 Å². The van der Waals surface area contributed by atoms with E-state index in [1.165, 1.54) is 6.20 Å². The summed E-state index contributed by atoms with van der Waals surface area (Å²) >= 11 is 11.2. The lowest BCUT2D eigenvalue weighted by atomic mass is 10.1. The monoisotopic (exact) mass is 252 g/mol. The Kier molecular flexibility index (Phi) is 4.69. The summed E-state index contributed by atoms with van der Waals surface area (Å²) in [5, 5.41) is 27.6. The van der Waals surface area contributed by atoms with E-state index in [2.05, 4.69) is 9.97 Å². The predicted molar refractivity (Wildman–Crippen MR) is 54.7 cm³/mol. The number of halogens is 2. The van der Waals surface area contributed by atoms with Crippen molar-refractivity contribution in [2.45, 2.75) is 18.6 Å². The second-order valence-electron chi connectivity index (χ2n) is 2.91. The summed E-state index contributed by atoms with van der Waals surface area (Å²) in [4.78, 5) is 7.26. The molecule has 0 bridgehead atoms. The van der Waals surface area contributed by atoms with Crippen molar-refractivity contribution in [2.24, 2.45) is 0 Å². The summed E-state index contributed by atoms with van der Waals surface area (Å²) in [7, 11) is 0. The predicted octanol–water partition coefficient (Wildman–Crippen LogP) is 0.560. The molecule has 0 fully saturated rings. The van der Waals surface area contributed by atoms with E-state index in [1.54, 1.807) is 0 Å². The van der Waals surface area contributed by atoms with E-state index in [0.29, 0.717) is 0 Å². The Labute approximate surface area is 96.3 Å². The number of aliphatic hydroxyl groups is 3. The molecule has 0 aliphatic heterocycles. The van der Waals surface area contributed by atoms with Crippen molar-refractivity contribution < 1.29 is 15.3 Å². The summed E-state index contributed by atoms with van der Waals surface area (Å²) in [6.07, 6.45) is -1.07. The van der Waals surface area contributed by atoms with Gasteiger partial charge in [-0.1, -0.05) is 11.6 Å². The van der Waals surface area contributed by atoms with Gasteiger partial charge >= 0.3 is 0 Å². The molecule has 0 aliphatic carbocycles. The molecular weight excluding hydrogens is 243 g/mol. The minimum Gasteiger partial charge on any atom is -0.396 e. The average molecular weight is 253 g/mol. The van der Waals surface area contributed by atoms with Gasteiger partial charge in [0.15, 0.2) is 0 Å². The van der Waals surface area contributed by atoms with E-state index in [0.717, 1.165) is 0 Å². The van der Waals surface area contributed by atoms with Crippen LogP contribution in [0.25, 0.3) is 0 Å². The fourth-order valence-electron chi connectivity index (χ4n) is 1.05. The Bertz CT molecular complexity index is 338. The Balaban J connectivity index is 2.86. The van der Waals surface area contributed by atoms with Gasteiger partial charge in [0.1, 0.15) is 11.3 Å². The van der Waals surface area contributed by atoms with E-state index in [9.17, 15) is 10.2 Å². The molecule has 0 saturated carbocycles. The molecule has 1 aromatic rings. The number of nitrogens with zero attached hydrogens (tertiary/aromatic N) is 2. The van der Waals surface area contributed by atoms with Gasteiger partial charge in [0.25, 0.3) is 0 Å². The molecule has 0 spiro atoms. The van der Waals surface area contributed by atoms with Gasteiger partial charge in [-0.3, -0.25) is 0 Å². The smallest absolute Gasteiger partial charge is 0.223 e. The summed E-state index contributed by atoms with van der Waals surface area (Å²) in [6, 6.07) is 0. The van der Waals surface area contributed by atoms with Gasteiger partial charge in [-0.25, -0.2) is 9.97 Å². The molecule has 7 heteroatoms. The van der Waals surface area contributed by atoms with Crippen molar-refractivity contribution in [1.82, 2.24) is 9.97 Å². The maximum absolute atomic E-state index is 9.62. The van der Waals surface area contributed by atoms with Crippen LogP contribution in [0.5, 0.6) is 0 Å². The number of rotatable bonds is 4. The maximum atomic E-state index is 9.62. The van der Waals surface area contributed by atoms with Crippen molar-refractivity contribution in [3.05, 3.63) is 22.2 Å². The molecule has 2 atom stereocenters. The number of aliphatic hydroxyl groups excluding tert-OH is 3. The number of hydrogen-bond acceptors (Lipinski definition) is 5. The van der Waals surface area contributed by atoms with Crippen LogP contribution in [0.4, 0.5) is 0 Å². The van der Waals surface area contributed by atoms with Gasteiger partial charge in [-0.2, -0.15) is 0 Å². The van der Waals surface area contributed by atoms with Crippen LogP contribution in [0, 0.1) is 0 Å². The summed E-state index contributed by atoms with van der Waals surface area (Å²) in [5.74, 6) is 0. The molecule has 0 aliphatic rings. The summed E-state index contributed by atoms with van der Waals surface area (Å²) in [6.45, 7) is -0.232. The van der Waals surface area contributed by atoms with Crippen molar-refractivity contribution in [2.75, 3.05) is 6.61 Å². The number of hydrogen-bond donors (Lipinski definition) is 3. The van der Waals surface area contributed by atoms with E-state index in [-0.39, 0.29) is 29.0 Å². The van der Waals surface area contributed by atoms with Crippen molar-refractivity contribution in [3.8, 4) is 0 Å². The second kappa shape index (κ2) is 5.58. The third-order valence-electron chi connectivity index (χ3n) is 1.85. The molecule has 5 nitrogen and oxygen atoms in total. The summed E-state index contributed by atoms with van der Waals surface area (Å²) in [5.41, 5.74) is 0.182. The highest BCUT2D eigenvalue weighted by Gasteiger charge is 2.21. The quantitative estimate of drug-likeness (QED) is 0.539. The Morgan fingerprint density at radius 3 is 2.53 bits per heavy atom. The molecule has 84 valence electrons. The van der Waals surface area contributed by atoms with Crippen LogP contribution in [0.15, 0.2) is 6.20 Å². The zero-order valence-electron chi connectivity index (χ0n) is 7.64. The first kappa shape index (κ1) is 12.6. The van der Waals surface area contributed by atoms with Crippen LogP contribution in [0.2, 0.25) is 10.4 Å². The van der Waals surface area contributed by atoms with E-state index < -0.39 is 12.2 Å². The van der Waals surface area contributed by atoms with E-state index >= 15 is 0 Å². The fourth-order valence-corrected chi connectivity index (χ4v) is 1.46. The van der Waals surface area contributed by atoms with Gasteiger partial charge in [0, 0.05) is 18.4 Å². The highest BCUT2D eigenvalue weighted by molar-refractivity contribution is 6.32. The fraction of sp³-hybridized carbons (Fsp3) is 0.500. The molecule has 2 unspecified atom stereocenters. The maximum Gasteiger partial charge on any atom is 0.223 e. The number of aromatic nitrogens is 2. The molecule has 0 radical (unpaired) electrons. The van der Waals surface area contributed by atoms with Gasteiger partial charge < -0.3 is 15.3 Å². The van der Waals surface area contributed by atoms with Crippen LogP contribution in [-0.4, -0.2) is 38.0 Å². The molecular formula is C8H10Cl2N2O3. The first-order valence-corrected chi connectivity index (χ1v) is 4.96. The topological polar surface area (TPSA) is 86.5 Å². The van der Waals surface area contributed by atoms with Gasteiger partial charge in [0.2, 0.25) is 5.28 Å². The minimum atomic E-state index is -1.23. The average Bonchev–Trinajstić information content (AvgIpc) is 2.17. The van der Waals surface area contributed by atoms with Crippen molar-refractivity contribution in [3.63, 3.8) is 0 Å². The zero-order valence-corrected chi connectivity index (χ0v) is 9.15. The Hall–Kier alpha value is -0.460. The van der Waals surface area contributed by atoms with Crippen molar-refractivity contribution in [1.29, 1.82) is 0 Å². The molecule has 1 heterocycles. The molecule has 0 aromatic carbocycles. The van der Waals surface area contributed by atoms with Crippen LogP contribution >= 0.6 is 23.2 Å². The Morgan fingerprint density at radius 2 is 2.00 bits per heavy atom. The van der Waals surface area contributed by atoms with E-state index in [4.69, 9.17) is 28.3 Å². The third kappa shape index (κ3) is 3.25. The zero-order chi connectivity index (χ0) is 11.4. The highest BCUT2D eigenvalue weighted by atomic mass is 35.5. The van der Waals surface area contributed by atoms with E-state index in [1.807, 2.05) is 0 Å². The first-order valence-electron chi connectivity index (χ1n) is 4.21. The van der Waals surface area contributed by atoms with Gasteiger partial charge in [-0.15, -0.1) is 0 Å². The SMILES string of the molecule is OCCC(O)C(O)c1cnc(Cl)nc1Cl. The third-order valence-corrected chi connectivity index (χ3v) is 2.33. The normalized spacial score (nSPS) is 15.0. The molecule has 15 heavy (non-hydrogen) atoms. The Morgan fingerprint density at radius 1 is 1.33 bits per heavy atom. The van der Waals surface area contributed by atoms with Crippen LogP contribution in [0.3, 0.4) is 0 Å². The standard InChI is InChI=1S/C8H10Cl2N2O3/c9-7-4(3-11-8(10)12-7)6(15)5(14)1-2-13/h3,5-6,13-15H,1-2H2. The van der Waals surface area contributed by atoms with Crippen LogP contribution in [0.1, 0.15) is 18.1 Å². The first-order chi connectivity index (χ1) is 7.06. The largest absolute Gasteiger partial charge is 0.396 e. The lowest BCUT2D eigenvalue weighted by Gasteiger charge is -2.17. The lowest BCUT2D eigenvalue weighted by Crippen LogP contribution is -2.20. The highest BCUT2D eigenvalue weighted by Crippen LogP contribution is 2.24. The molecule has 1 aromatic heterocycles. The molecule has 1 rings (SSSR count). The molecule has 3 N–H and O–H groups in total. The minimum absolute atomic E-state index is 0.0144. The second-order valence-corrected chi connectivity index (χ2v) is 3.61. The lowest BCUT2D eigenvalue weighted by molar-refractivity contribution is 0.00390. The van der Waals surface area contributed by atoms with Gasteiger partial charge in [0.05, 0.1) is 6.10 Å². The van der Waals surface area contributed by atoms with Crippen LogP contribution in [-0.2, 0) is 0 Å². The summed E-state index contributed by atoms with van der Waals surface area (Å²) < 4.78 is 0. The molecule has 0 saturated heterocycles.